The Bertz CT molecular complexity index is 696. The van der Waals surface area contributed by atoms with Crippen molar-refractivity contribution < 1.29 is 0 Å². The van der Waals surface area contributed by atoms with Gasteiger partial charge in [-0.15, -0.1) is 24.0 Å². The molecule has 0 aliphatic carbocycles. The Morgan fingerprint density at radius 1 is 1.11 bits per heavy atom. The Kier molecular flexibility index (Phi) is 9.00. The molecule has 27 heavy (non-hydrogen) atoms. The van der Waals surface area contributed by atoms with Gasteiger partial charge in [-0.3, -0.25) is 14.9 Å². The first-order valence-corrected chi connectivity index (χ1v) is 9.41. The van der Waals surface area contributed by atoms with E-state index in [1.165, 1.54) is 37.1 Å². The second-order valence-electron chi connectivity index (χ2n) is 6.80. The highest BCUT2D eigenvalue weighted by Gasteiger charge is 2.23. The zero-order chi connectivity index (χ0) is 18.2. The molecule has 1 atom stereocenters. The van der Waals surface area contributed by atoms with E-state index >= 15 is 0 Å². The zero-order valence-corrected chi connectivity index (χ0v) is 18.5. The van der Waals surface area contributed by atoms with Crippen molar-refractivity contribution in [2.75, 3.05) is 26.7 Å². The third-order valence-electron chi connectivity index (χ3n) is 4.89. The Labute approximate surface area is 179 Å². The normalized spacial score (nSPS) is 15.9. The van der Waals surface area contributed by atoms with Gasteiger partial charge in [0.1, 0.15) is 0 Å². The van der Waals surface area contributed by atoms with Crippen LogP contribution in [0.1, 0.15) is 35.7 Å². The molecule has 3 rings (SSSR count). The van der Waals surface area contributed by atoms with Crippen LogP contribution in [0.5, 0.6) is 0 Å². The van der Waals surface area contributed by atoms with E-state index in [-0.39, 0.29) is 24.0 Å². The predicted octanol–water partition coefficient (Wildman–Crippen LogP) is 3.51. The lowest BCUT2D eigenvalue weighted by molar-refractivity contribution is 0.245. The number of rotatable bonds is 6. The number of nitrogens with zero attached hydrogens (tertiary/aromatic N) is 3. The van der Waals surface area contributed by atoms with Crippen molar-refractivity contribution in [1.29, 1.82) is 0 Å². The van der Waals surface area contributed by atoms with Gasteiger partial charge in [0.25, 0.3) is 0 Å². The van der Waals surface area contributed by atoms with Gasteiger partial charge < -0.3 is 10.6 Å². The van der Waals surface area contributed by atoms with Crippen LogP contribution in [0.2, 0.25) is 0 Å². The molecular weight excluding hydrogens is 449 g/mol. The molecule has 2 N–H and O–H groups in total. The van der Waals surface area contributed by atoms with Crippen LogP contribution in [-0.2, 0) is 6.54 Å². The maximum absolute atomic E-state index is 4.36. The minimum Gasteiger partial charge on any atom is -0.354 e. The molecule has 1 aromatic heterocycles. The maximum Gasteiger partial charge on any atom is 0.191 e. The van der Waals surface area contributed by atoms with Crippen LogP contribution in [0, 0.1) is 6.92 Å². The minimum absolute atomic E-state index is 0. The molecule has 1 aliphatic heterocycles. The summed E-state index contributed by atoms with van der Waals surface area (Å²) in [4.78, 5) is 11.3. The molecular formula is C21H30IN5. The van der Waals surface area contributed by atoms with Crippen molar-refractivity contribution in [2.45, 2.75) is 32.4 Å². The second-order valence-corrected chi connectivity index (χ2v) is 6.80. The van der Waals surface area contributed by atoms with E-state index in [9.17, 15) is 0 Å². The third kappa shape index (κ3) is 6.46. The largest absolute Gasteiger partial charge is 0.354 e. The molecule has 1 unspecified atom stereocenters. The Hall–Kier alpha value is -1.67. The molecule has 1 saturated heterocycles. The number of guanidine groups is 1. The van der Waals surface area contributed by atoms with E-state index in [0.717, 1.165) is 18.2 Å². The summed E-state index contributed by atoms with van der Waals surface area (Å²) in [5.74, 6) is 0.812. The number of aliphatic imine (C=N–C) groups is 1. The van der Waals surface area contributed by atoms with Gasteiger partial charge in [-0.05, 0) is 50.6 Å². The topological polar surface area (TPSA) is 52.6 Å². The van der Waals surface area contributed by atoms with Crippen LogP contribution in [0.3, 0.4) is 0 Å². The smallest absolute Gasteiger partial charge is 0.191 e. The van der Waals surface area contributed by atoms with Crippen LogP contribution in [0.25, 0.3) is 0 Å². The van der Waals surface area contributed by atoms with Crippen molar-refractivity contribution in [3.05, 3.63) is 65.5 Å². The molecule has 146 valence electrons. The van der Waals surface area contributed by atoms with Crippen molar-refractivity contribution >= 4 is 29.9 Å². The van der Waals surface area contributed by atoms with Gasteiger partial charge in [-0.2, -0.15) is 0 Å². The molecule has 0 spiro atoms. The van der Waals surface area contributed by atoms with Gasteiger partial charge >= 0.3 is 0 Å². The summed E-state index contributed by atoms with van der Waals surface area (Å²) in [6, 6.07) is 15.2. The highest BCUT2D eigenvalue weighted by atomic mass is 127. The highest BCUT2D eigenvalue weighted by Crippen LogP contribution is 2.24. The molecule has 2 aromatic rings. The first kappa shape index (κ1) is 21.6. The number of aryl methyl sites for hydroxylation is 1. The third-order valence-corrected chi connectivity index (χ3v) is 4.89. The number of nitrogens with one attached hydrogen (secondary N) is 2. The fourth-order valence-electron chi connectivity index (χ4n) is 3.39. The Morgan fingerprint density at radius 3 is 2.48 bits per heavy atom. The van der Waals surface area contributed by atoms with E-state index in [0.29, 0.717) is 12.6 Å². The lowest BCUT2D eigenvalue weighted by atomic mass is 10.0. The molecule has 0 bridgehead atoms. The van der Waals surface area contributed by atoms with Crippen LogP contribution < -0.4 is 10.6 Å². The lowest BCUT2D eigenvalue weighted by Crippen LogP contribution is -2.42. The van der Waals surface area contributed by atoms with Crippen LogP contribution in [0.4, 0.5) is 0 Å². The fourth-order valence-corrected chi connectivity index (χ4v) is 3.39. The summed E-state index contributed by atoms with van der Waals surface area (Å²) < 4.78 is 0. The van der Waals surface area contributed by atoms with Gasteiger partial charge in [0.15, 0.2) is 5.96 Å². The number of pyridine rings is 1. The molecule has 1 aliphatic rings. The number of hydrogen-bond donors (Lipinski definition) is 2. The molecule has 0 saturated carbocycles. The van der Waals surface area contributed by atoms with Crippen molar-refractivity contribution in [3.8, 4) is 0 Å². The summed E-state index contributed by atoms with van der Waals surface area (Å²) in [5.41, 5.74) is 3.67. The molecule has 0 radical (unpaired) electrons. The second kappa shape index (κ2) is 11.2. The fraction of sp³-hybridized carbons (Fsp3) is 0.429. The Balaban J connectivity index is 0.00000261. The summed E-state index contributed by atoms with van der Waals surface area (Å²) in [7, 11) is 1.81. The van der Waals surface area contributed by atoms with E-state index < -0.39 is 0 Å². The van der Waals surface area contributed by atoms with Gasteiger partial charge in [0.05, 0.1) is 18.3 Å². The summed E-state index contributed by atoms with van der Waals surface area (Å²) >= 11 is 0. The van der Waals surface area contributed by atoms with E-state index in [1.54, 1.807) is 0 Å². The van der Waals surface area contributed by atoms with E-state index in [1.807, 2.05) is 31.4 Å². The van der Waals surface area contributed by atoms with Gasteiger partial charge in [-0.1, -0.05) is 35.9 Å². The lowest BCUT2D eigenvalue weighted by Gasteiger charge is -2.29. The SMILES string of the molecule is CN=C(NCc1ccccn1)NCC(c1ccc(C)cc1)N1CCCC1.I. The maximum atomic E-state index is 4.36. The number of hydrogen-bond acceptors (Lipinski definition) is 3. The molecule has 6 heteroatoms. The summed E-state index contributed by atoms with van der Waals surface area (Å²) in [6.45, 7) is 5.97. The average molecular weight is 479 g/mol. The predicted molar refractivity (Wildman–Crippen MR) is 123 cm³/mol. The number of benzene rings is 1. The van der Waals surface area contributed by atoms with Gasteiger partial charge in [0, 0.05) is 19.8 Å². The molecule has 5 nitrogen and oxygen atoms in total. The summed E-state index contributed by atoms with van der Waals surface area (Å²) in [6.07, 6.45) is 4.39. The standard InChI is InChI=1S/C21H29N5.HI/c1-17-8-10-18(11-9-17)20(26-13-5-6-14-26)16-25-21(22-2)24-15-19-7-3-4-12-23-19;/h3-4,7-12,20H,5-6,13-16H2,1-2H3,(H2,22,24,25);1H. The molecule has 0 amide bonds. The minimum atomic E-state index is 0. The monoisotopic (exact) mass is 479 g/mol. The van der Waals surface area contributed by atoms with Crippen LogP contribution >= 0.6 is 24.0 Å². The number of aromatic nitrogens is 1. The first-order valence-electron chi connectivity index (χ1n) is 9.41. The van der Waals surface area contributed by atoms with Crippen LogP contribution in [0.15, 0.2) is 53.7 Å². The van der Waals surface area contributed by atoms with Crippen molar-refractivity contribution in [2.24, 2.45) is 4.99 Å². The van der Waals surface area contributed by atoms with E-state index in [4.69, 9.17) is 0 Å². The molecule has 1 aromatic carbocycles. The van der Waals surface area contributed by atoms with Crippen molar-refractivity contribution in [3.63, 3.8) is 0 Å². The number of likely N-dealkylation sites (tertiary alicyclic amines) is 1. The zero-order valence-electron chi connectivity index (χ0n) is 16.2. The number of halogens is 1. The summed E-state index contributed by atoms with van der Waals surface area (Å²) in [5, 5.41) is 6.85. The quantitative estimate of drug-likeness (QED) is 0.379. The molecule has 1 fully saturated rings. The highest BCUT2D eigenvalue weighted by molar-refractivity contribution is 14.0. The van der Waals surface area contributed by atoms with E-state index in [2.05, 4.69) is 56.7 Å². The average Bonchev–Trinajstić information content (AvgIpc) is 3.21. The van der Waals surface area contributed by atoms with Gasteiger partial charge in [-0.25, -0.2) is 0 Å². The van der Waals surface area contributed by atoms with Crippen molar-refractivity contribution in [1.82, 2.24) is 20.5 Å². The molecule has 2 heterocycles. The van der Waals surface area contributed by atoms with Crippen LogP contribution in [-0.4, -0.2) is 42.5 Å². The first-order chi connectivity index (χ1) is 12.8. The Morgan fingerprint density at radius 2 is 1.85 bits per heavy atom. The van der Waals surface area contributed by atoms with Gasteiger partial charge in [0.2, 0.25) is 0 Å².